The Balaban J connectivity index is 1.70. The zero-order valence-electron chi connectivity index (χ0n) is 17.1. The minimum atomic E-state index is 0.385. The van der Waals surface area contributed by atoms with Crippen LogP contribution in [0.2, 0.25) is 0 Å². The van der Waals surface area contributed by atoms with Crippen LogP contribution in [0, 0.1) is 17.2 Å². The molecule has 0 spiro atoms. The summed E-state index contributed by atoms with van der Waals surface area (Å²) in [7, 11) is 0. The fraction of sp³-hybridized carbons (Fsp3) is 0.348. The lowest BCUT2D eigenvalue weighted by molar-refractivity contribution is 0.284. The Hall–Kier alpha value is -2.78. The van der Waals surface area contributed by atoms with E-state index in [-0.39, 0.29) is 0 Å². The fourth-order valence-electron chi connectivity index (χ4n) is 2.93. The molecule has 1 aromatic heterocycles. The topological polar surface area (TPSA) is 63.7 Å². The Labute approximate surface area is 176 Å². The summed E-state index contributed by atoms with van der Waals surface area (Å²) >= 11 is 1.63. The van der Waals surface area contributed by atoms with Crippen LogP contribution in [0.5, 0.6) is 5.75 Å². The molecule has 150 valence electrons. The summed E-state index contributed by atoms with van der Waals surface area (Å²) in [5.74, 6) is 2.87. The number of aromatic nitrogens is 3. The molecule has 0 bridgehead atoms. The van der Waals surface area contributed by atoms with Crippen LogP contribution in [-0.2, 0) is 25.3 Å². The summed E-state index contributed by atoms with van der Waals surface area (Å²) < 4.78 is 8.09. The summed E-state index contributed by atoms with van der Waals surface area (Å²) in [4.78, 5) is 0. The quantitative estimate of drug-likeness (QED) is 0.455. The smallest absolute Gasteiger partial charge is 0.191 e. The normalized spacial score (nSPS) is 10.9. The second kappa shape index (κ2) is 10.1. The summed E-state index contributed by atoms with van der Waals surface area (Å²) in [6.45, 7) is 7.72. The third-order valence-corrected chi connectivity index (χ3v) is 5.50. The van der Waals surface area contributed by atoms with Gasteiger partial charge >= 0.3 is 0 Å². The van der Waals surface area contributed by atoms with E-state index in [2.05, 4.69) is 53.7 Å². The molecular weight excluding hydrogens is 380 g/mol. The van der Waals surface area contributed by atoms with E-state index < -0.39 is 0 Å². The molecule has 1 heterocycles. The van der Waals surface area contributed by atoms with Crippen LogP contribution >= 0.6 is 11.8 Å². The van der Waals surface area contributed by atoms with Gasteiger partial charge in [0, 0.05) is 12.3 Å². The summed E-state index contributed by atoms with van der Waals surface area (Å²) in [5, 5.41) is 18.7. The molecule has 0 saturated heterocycles. The molecule has 0 amide bonds. The SMILES string of the molecule is CCc1ccc(OCc2nnc(SCc3cccc(C#N)c3)n2CC(C)C)cc1. The minimum Gasteiger partial charge on any atom is -0.486 e. The standard InChI is InChI=1S/C23H26N4OS/c1-4-18-8-10-21(11-9-18)28-15-22-25-26-23(27(22)14-17(2)3)29-16-20-7-5-6-19(12-20)13-24/h5-12,17H,4,14-16H2,1-3H3. The van der Waals surface area contributed by atoms with Crippen molar-refractivity contribution in [2.45, 2.75) is 51.3 Å². The van der Waals surface area contributed by atoms with E-state index in [1.807, 2.05) is 36.4 Å². The highest BCUT2D eigenvalue weighted by Gasteiger charge is 2.15. The molecule has 0 radical (unpaired) electrons. The Morgan fingerprint density at radius 3 is 2.59 bits per heavy atom. The number of hydrogen-bond acceptors (Lipinski definition) is 5. The second-order valence-corrected chi connectivity index (χ2v) is 8.23. The third-order valence-electron chi connectivity index (χ3n) is 4.46. The van der Waals surface area contributed by atoms with Crippen molar-refractivity contribution in [2.75, 3.05) is 0 Å². The number of benzene rings is 2. The van der Waals surface area contributed by atoms with Crippen LogP contribution in [0.1, 0.15) is 43.3 Å². The minimum absolute atomic E-state index is 0.385. The van der Waals surface area contributed by atoms with E-state index in [4.69, 9.17) is 10.00 Å². The molecule has 0 unspecified atom stereocenters. The number of nitrogens with zero attached hydrogens (tertiary/aromatic N) is 4. The Morgan fingerprint density at radius 1 is 1.10 bits per heavy atom. The molecule has 2 aromatic carbocycles. The Kier molecular flexibility index (Phi) is 7.31. The number of rotatable bonds is 9. The zero-order valence-corrected chi connectivity index (χ0v) is 17.9. The van der Waals surface area contributed by atoms with Gasteiger partial charge < -0.3 is 9.30 Å². The molecule has 0 fully saturated rings. The van der Waals surface area contributed by atoms with Crippen molar-refractivity contribution in [3.05, 3.63) is 71.0 Å². The van der Waals surface area contributed by atoms with Gasteiger partial charge in [-0.25, -0.2) is 0 Å². The summed E-state index contributed by atoms with van der Waals surface area (Å²) in [5.41, 5.74) is 3.07. The van der Waals surface area contributed by atoms with Crippen LogP contribution in [0.25, 0.3) is 0 Å². The van der Waals surface area contributed by atoms with E-state index in [1.165, 1.54) is 5.56 Å². The van der Waals surface area contributed by atoms with Crippen LogP contribution in [0.4, 0.5) is 0 Å². The first-order valence-electron chi connectivity index (χ1n) is 9.84. The van der Waals surface area contributed by atoms with Gasteiger partial charge in [-0.05, 0) is 47.7 Å². The highest BCUT2D eigenvalue weighted by atomic mass is 32.2. The fourth-order valence-corrected chi connectivity index (χ4v) is 3.84. The number of nitriles is 1. The Morgan fingerprint density at radius 2 is 1.90 bits per heavy atom. The summed E-state index contributed by atoms with van der Waals surface area (Å²) in [6, 6.07) is 18.0. The molecule has 0 aliphatic carbocycles. The Bertz CT molecular complexity index is 973. The van der Waals surface area contributed by atoms with Crippen molar-refractivity contribution >= 4 is 11.8 Å². The number of hydrogen-bond donors (Lipinski definition) is 0. The number of thioether (sulfide) groups is 1. The van der Waals surface area contributed by atoms with E-state index in [0.717, 1.165) is 41.0 Å². The highest BCUT2D eigenvalue weighted by molar-refractivity contribution is 7.98. The molecule has 0 saturated carbocycles. The molecule has 0 aliphatic rings. The molecule has 3 aromatic rings. The van der Waals surface area contributed by atoms with Gasteiger partial charge in [0.2, 0.25) is 0 Å². The van der Waals surface area contributed by atoms with Crippen LogP contribution < -0.4 is 4.74 Å². The van der Waals surface area contributed by atoms with Gasteiger partial charge in [-0.1, -0.05) is 56.8 Å². The lowest BCUT2D eigenvalue weighted by Crippen LogP contribution is -2.12. The van der Waals surface area contributed by atoms with Crippen LogP contribution in [0.3, 0.4) is 0 Å². The zero-order chi connectivity index (χ0) is 20.6. The molecule has 29 heavy (non-hydrogen) atoms. The maximum absolute atomic E-state index is 9.08. The van der Waals surface area contributed by atoms with Gasteiger partial charge in [-0.15, -0.1) is 10.2 Å². The van der Waals surface area contributed by atoms with E-state index >= 15 is 0 Å². The van der Waals surface area contributed by atoms with E-state index in [0.29, 0.717) is 18.1 Å². The molecule has 6 heteroatoms. The van der Waals surface area contributed by atoms with Gasteiger partial charge in [0.15, 0.2) is 11.0 Å². The monoisotopic (exact) mass is 406 g/mol. The first-order valence-corrected chi connectivity index (χ1v) is 10.8. The van der Waals surface area contributed by atoms with Crippen molar-refractivity contribution in [1.82, 2.24) is 14.8 Å². The van der Waals surface area contributed by atoms with Gasteiger partial charge in [-0.3, -0.25) is 0 Å². The third kappa shape index (κ3) is 5.85. The van der Waals surface area contributed by atoms with E-state index in [1.54, 1.807) is 11.8 Å². The number of aryl methyl sites for hydroxylation is 1. The molecular formula is C23H26N4OS. The highest BCUT2D eigenvalue weighted by Crippen LogP contribution is 2.24. The molecule has 3 rings (SSSR count). The molecule has 5 nitrogen and oxygen atoms in total. The van der Waals surface area contributed by atoms with Crippen LogP contribution in [-0.4, -0.2) is 14.8 Å². The van der Waals surface area contributed by atoms with Crippen molar-refractivity contribution < 1.29 is 4.74 Å². The van der Waals surface area contributed by atoms with Gasteiger partial charge in [0.1, 0.15) is 12.4 Å². The molecule has 0 N–H and O–H groups in total. The van der Waals surface area contributed by atoms with Crippen molar-refractivity contribution in [3.63, 3.8) is 0 Å². The predicted octanol–water partition coefficient (Wildman–Crippen LogP) is 5.24. The average Bonchev–Trinajstić information content (AvgIpc) is 3.12. The maximum atomic E-state index is 9.08. The second-order valence-electron chi connectivity index (χ2n) is 7.29. The first-order chi connectivity index (χ1) is 14.1. The first kappa shape index (κ1) is 20.9. The number of ether oxygens (including phenoxy) is 1. The van der Waals surface area contributed by atoms with Crippen LogP contribution in [0.15, 0.2) is 53.7 Å². The largest absolute Gasteiger partial charge is 0.486 e. The molecule has 0 atom stereocenters. The van der Waals surface area contributed by atoms with Crippen molar-refractivity contribution in [2.24, 2.45) is 5.92 Å². The van der Waals surface area contributed by atoms with Gasteiger partial charge in [-0.2, -0.15) is 5.26 Å². The lowest BCUT2D eigenvalue weighted by atomic mass is 10.2. The predicted molar refractivity (Wildman–Crippen MR) is 116 cm³/mol. The summed E-state index contributed by atoms with van der Waals surface area (Å²) in [6.07, 6.45) is 1.01. The van der Waals surface area contributed by atoms with Gasteiger partial charge in [0.25, 0.3) is 0 Å². The van der Waals surface area contributed by atoms with Crippen molar-refractivity contribution in [3.8, 4) is 11.8 Å². The van der Waals surface area contributed by atoms with Gasteiger partial charge in [0.05, 0.1) is 11.6 Å². The van der Waals surface area contributed by atoms with Crippen molar-refractivity contribution in [1.29, 1.82) is 5.26 Å². The lowest BCUT2D eigenvalue weighted by Gasteiger charge is -2.13. The molecule has 0 aliphatic heterocycles. The average molecular weight is 407 g/mol. The maximum Gasteiger partial charge on any atom is 0.191 e. The van der Waals surface area contributed by atoms with E-state index in [9.17, 15) is 0 Å².